The van der Waals surface area contributed by atoms with Crippen molar-refractivity contribution in [1.82, 2.24) is 19.9 Å². The summed E-state index contributed by atoms with van der Waals surface area (Å²) >= 11 is 0. The van der Waals surface area contributed by atoms with Crippen molar-refractivity contribution in [1.29, 1.82) is 0 Å². The number of aromatic amines is 1. The van der Waals surface area contributed by atoms with Crippen molar-refractivity contribution in [2.75, 3.05) is 34.3 Å². The number of hydrogen-bond acceptors (Lipinski definition) is 7. The van der Waals surface area contributed by atoms with E-state index in [1.54, 1.807) is 7.11 Å². The number of nitrogens with zero attached hydrogens (tertiary/aromatic N) is 3. The normalized spacial score (nSPS) is 14.0. The van der Waals surface area contributed by atoms with Gasteiger partial charge < -0.3 is 25.1 Å². The van der Waals surface area contributed by atoms with E-state index in [-0.39, 0.29) is 0 Å². The number of benzene rings is 1. The van der Waals surface area contributed by atoms with Crippen LogP contribution in [0.25, 0.3) is 22.2 Å². The molecule has 0 atom stereocenters. The van der Waals surface area contributed by atoms with Crippen molar-refractivity contribution in [2.24, 2.45) is 11.1 Å². The number of Topliss-reactive ketones (excluding diaryl/α,β-unsaturated/α-hetero) is 1. The summed E-state index contributed by atoms with van der Waals surface area (Å²) in [4.78, 5) is 34.2. The lowest BCUT2D eigenvalue weighted by molar-refractivity contribution is -0.118. The molecule has 1 aliphatic heterocycles. The average molecular weight is 550 g/mol. The lowest BCUT2D eigenvalue weighted by Crippen LogP contribution is -2.45. The number of methoxy groups -OCH3 is 1. The van der Waals surface area contributed by atoms with E-state index in [0.29, 0.717) is 18.1 Å². The first-order valence-electron chi connectivity index (χ1n) is 13.9. The molecule has 218 valence electrons. The number of rotatable bonds is 10. The Labute approximate surface area is 240 Å². The molecule has 1 saturated heterocycles. The number of ketones is 1. The van der Waals surface area contributed by atoms with Crippen LogP contribution in [-0.2, 0) is 16.0 Å². The van der Waals surface area contributed by atoms with Gasteiger partial charge in [0.2, 0.25) is 5.88 Å². The van der Waals surface area contributed by atoms with Crippen LogP contribution in [0.2, 0.25) is 0 Å². The van der Waals surface area contributed by atoms with E-state index in [4.69, 9.17) is 9.53 Å². The number of terminal acetylenes is 1. The number of carbonyl (C=O) groups excluding carboxylic acids is 2. The largest absolute Gasteiger partial charge is 0.480 e. The quantitative estimate of drug-likeness (QED) is 0.255. The number of imidazole rings is 1. The highest BCUT2D eigenvalue weighted by Gasteiger charge is 2.50. The molecule has 2 aromatic heterocycles. The van der Waals surface area contributed by atoms with Crippen LogP contribution < -0.4 is 10.5 Å². The Kier molecular flexibility index (Phi) is 16.1. The summed E-state index contributed by atoms with van der Waals surface area (Å²) in [6.07, 6.45) is 19.4. The first kappa shape index (κ1) is 34.5. The van der Waals surface area contributed by atoms with Gasteiger partial charge in [-0.25, -0.2) is 9.97 Å². The Morgan fingerprint density at radius 3 is 2.35 bits per heavy atom. The van der Waals surface area contributed by atoms with Gasteiger partial charge in [0.25, 0.3) is 0 Å². The number of nitrogens with two attached hydrogens (primary N) is 1. The third-order valence-corrected chi connectivity index (χ3v) is 6.98. The van der Waals surface area contributed by atoms with Gasteiger partial charge in [-0.1, -0.05) is 38.0 Å². The zero-order chi connectivity index (χ0) is 30.0. The number of ether oxygens (including phenoxy) is 1. The van der Waals surface area contributed by atoms with Crippen LogP contribution in [0.15, 0.2) is 36.5 Å². The van der Waals surface area contributed by atoms with Gasteiger partial charge in [-0.15, -0.1) is 12.8 Å². The molecule has 1 aromatic carbocycles. The highest BCUT2D eigenvalue weighted by atomic mass is 16.5. The maximum absolute atomic E-state index is 11.3. The molecular formula is C32H47N5O3. The van der Waals surface area contributed by atoms with Crippen molar-refractivity contribution in [3.05, 3.63) is 42.4 Å². The number of unbranched alkanes of at least 4 members (excludes halogenated alkanes) is 3. The Balaban J connectivity index is 0.000000510. The molecule has 8 heteroatoms. The van der Waals surface area contributed by atoms with Crippen LogP contribution in [0.3, 0.4) is 0 Å². The molecule has 0 bridgehead atoms. The molecule has 3 aromatic rings. The third-order valence-electron chi connectivity index (χ3n) is 6.98. The van der Waals surface area contributed by atoms with Gasteiger partial charge in [-0.05, 0) is 57.3 Å². The fourth-order valence-corrected chi connectivity index (χ4v) is 4.81. The van der Waals surface area contributed by atoms with E-state index < -0.39 is 0 Å². The lowest BCUT2D eigenvalue weighted by atomic mass is 9.98. The summed E-state index contributed by atoms with van der Waals surface area (Å²) in [6, 6.07) is 10.1. The van der Waals surface area contributed by atoms with Crippen LogP contribution in [0.1, 0.15) is 64.1 Å². The number of aromatic nitrogens is 3. The number of carbonyl (C=O) groups is 2. The second-order valence-electron chi connectivity index (χ2n) is 9.96. The standard InChI is InChI=1S/C22H27N3O2.C6H11N.C2H2.CH5N.CH2O/c1-3-17(26)11-6-4-5-7-13-21-23-15-20(24-21)18-14-16-10-8-9-12-19(16)25-22(18)27-2;1-7-4-6(5-7)2-3-6;3*1-2/h8-10,12,14-15H,3-7,11,13H2,1-2H3,(H,23,24);2-5H2,1H3;1-2H;2H2,1H3;1H2. The highest BCUT2D eigenvalue weighted by Crippen LogP contribution is 2.52. The molecule has 1 spiro atoms. The summed E-state index contributed by atoms with van der Waals surface area (Å²) in [5.74, 6) is 1.94. The predicted molar refractivity (Wildman–Crippen MR) is 164 cm³/mol. The van der Waals surface area contributed by atoms with Crippen LogP contribution >= 0.6 is 0 Å². The van der Waals surface area contributed by atoms with Crippen molar-refractivity contribution >= 4 is 23.5 Å². The molecule has 1 aliphatic carbocycles. The van der Waals surface area contributed by atoms with Crippen molar-refractivity contribution in [2.45, 2.75) is 64.7 Å². The Bertz CT molecular complexity index is 1160. The Morgan fingerprint density at radius 2 is 1.77 bits per heavy atom. The first-order valence-corrected chi connectivity index (χ1v) is 13.9. The lowest BCUT2D eigenvalue weighted by Gasteiger charge is -2.36. The maximum atomic E-state index is 11.3. The molecule has 5 rings (SSSR count). The molecule has 3 N–H and O–H groups in total. The fraction of sp³-hybridized carbons (Fsp3) is 0.500. The van der Waals surface area contributed by atoms with Crippen LogP contribution in [0.4, 0.5) is 0 Å². The third kappa shape index (κ3) is 10.6. The average Bonchev–Trinajstić information content (AvgIpc) is 3.65. The molecule has 0 radical (unpaired) electrons. The van der Waals surface area contributed by atoms with Crippen LogP contribution in [0.5, 0.6) is 5.88 Å². The van der Waals surface area contributed by atoms with E-state index in [1.807, 2.05) is 44.2 Å². The molecule has 3 heterocycles. The number of likely N-dealkylation sites (tertiary alicyclic amines) is 1. The summed E-state index contributed by atoms with van der Waals surface area (Å²) in [7, 11) is 5.34. The molecule has 0 amide bonds. The van der Waals surface area contributed by atoms with Gasteiger partial charge in [0, 0.05) is 37.7 Å². The van der Waals surface area contributed by atoms with E-state index >= 15 is 0 Å². The zero-order valence-electron chi connectivity index (χ0n) is 24.7. The summed E-state index contributed by atoms with van der Waals surface area (Å²) in [5, 5.41) is 1.08. The number of fused-ring (bicyclic) bond motifs is 1. The molecule has 2 fully saturated rings. The minimum Gasteiger partial charge on any atom is -0.480 e. The van der Waals surface area contributed by atoms with Crippen LogP contribution in [0, 0.1) is 18.3 Å². The number of pyridine rings is 1. The number of aryl methyl sites for hydroxylation is 1. The number of hydrogen-bond donors (Lipinski definition) is 2. The van der Waals surface area contributed by atoms with E-state index in [2.05, 4.69) is 51.5 Å². The monoisotopic (exact) mass is 549 g/mol. The minimum absolute atomic E-state index is 0.364. The van der Waals surface area contributed by atoms with Crippen molar-refractivity contribution in [3.8, 4) is 30.0 Å². The van der Waals surface area contributed by atoms with E-state index in [1.165, 1.54) is 33.0 Å². The number of H-pyrrole nitrogens is 1. The number of nitrogens with one attached hydrogen (secondary N) is 1. The molecule has 40 heavy (non-hydrogen) atoms. The Hall–Kier alpha value is -3.54. The van der Waals surface area contributed by atoms with Gasteiger partial charge >= 0.3 is 0 Å². The second kappa shape index (κ2) is 18.7. The molecule has 0 unspecified atom stereocenters. The summed E-state index contributed by atoms with van der Waals surface area (Å²) in [6.45, 7) is 6.69. The van der Waals surface area contributed by atoms with Gasteiger partial charge in [-0.3, -0.25) is 4.79 Å². The summed E-state index contributed by atoms with van der Waals surface area (Å²) in [5.41, 5.74) is 8.13. The van der Waals surface area contributed by atoms with Gasteiger partial charge in [0.1, 0.15) is 18.4 Å². The smallest absolute Gasteiger partial charge is 0.223 e. The molecule has 8 nitrogen and oxygen atoms in total. The highest BCUT2D eigenvalue weighted by molar-refractivity contribution is 5.85. The van der Waals surface area contributed by atoms with E-state index in [9.17, 15) is 4.79 Å². The molecule has 1 saturated carbocycles. The summed E-state index contributed by atoms with van der Waals surface area (Å²) < 4.78 is 5.48. The van der Waals surface area contributed by atoms with Crippen molar-refractivity contribution in [3.63, 3.8) is 0 Å². The first-order chi connectivity index (χ1) is 19.5. The van der Waals surface area contributed by atoms with E-state index in [0.717, 1.165) is 71.9 Å². The molecule has 2 aliphatic rings. The molecular weight excluding hydrogens is 502 g/mol. The maximum Gasteiger partial charge on any atom is 0.223 e. The Morgan fingerprint density at radius 1 is 1.12 bits per heavy atom. The second-order valence-corrected chi connectivity index (χ2v) is 9.96. The number of para-hydroxylation sites is 1. The SMILES string of the molecule is C#C.C=O.CCC(=O)CCCCCCc1ncc(-c2cc3ccccc3nc2OC)[nH]1.CN.CN1CC2(CC2)C1. The van der Waals surface area contributed by atoms with Gasteiger partial charge in [0.15, 0.2) is 0 Å². The predicted octanol–water partition coefficient (Wildman–Crippen LogP) is 5.46. The van der Waals surface area contributed by atoms with Gasteiger partial charge in [0.05, 0.1) is 30.1 Å². The minimum atomic E-state index is 0.364. The van der Waals surface area contributed by atoms with Crippen molar-refractivity contribution < 1.29 is 14.3 Å². The van der Waals surface area contributed by atoms with Crippen LogP contribution in [-0.4, -0.2) is 66.7 Å². The topological polar surface area (TPSA) is 114 Å². The van der Waals surface area contributed by atoms with Gasteiger partial charge in [-0.2, -0.15) is 0 Å². The fourth-order valence-electron chi connectivity index (χ4n) is 4.81. The zero-order valence-corrected chi connectivity index (χ0v) is 24.7.